The zero-order chi connectivity index (χ0) is 22.7. The first kappa shape index (κ1) is 22.1. The van der Waals surface area contributed by atoms with Gasteiger partial charge in [0.25, 0.3) is 5.56 Å². The van der Waals surface area contributed by atoms with Gasteiger partial charge in [-0.2, -0.15) is 0 Å². The molecule has 1 amide bonds. The predicted molar refractivity (Wildman–Crippen MR) is 132 cm³/mol. The number of benzene rings is 3. The molecule has 0 aliphatic carbocycles. The fraction of sp³-hybridized carbons (Fsp3) is 0.160. The number of hydrogen-bond donors (Lipinski definition) is 1. The first-order valence-electron chi connectivity index (χ1n) is 10.1. The van der Waals surface area contributed by atoms with Crippen LogP contribution >= 0.6 is 23.4 Å². The normalized spacial score (nSPS) is 11.0. The van der Waals surface area contributed by atoms with Gasteiger partial charge in [-0.05, 0) is 60.9 Å². The number of halogens is 1. The number of aryl methyl sites for hydroxylation is 2. The molecule has 4 aromatic rings. The Hall–Kier alpha value is -3.09. The lowest BCUT2D eigenvalue weighted by molar-refractivity contribution is -0.113. The van der Waals surface area contributed by atoms with Crippen LogP contribution in [0.5, 0.6) is 0 Å². The molecule has 1 aromatic heterocycles. The number of amides is 1. The summed E-state index contributed by atoms with van der Waals surface area (Å²) in [4.78, 5) is 30.6. The zero-order valence-corrected chi connectivity index (χ0v) is 19.3. The standard InChI is InChI=1S/C25H22ClN3O2S/c1-16-10-11-17(2)22(12-16)27-23(30)15-32-25-28-21-9-4-3-8-20(21)24(31)29(25)14-18-6-5-7-19(26)13-18/h3-13H,14-15H2,1-2H3,(H,27,30). The van der Waals surface area contributed by atoms with Gasteiger partial charge in [-0.25, -0.2) is 4.98 Å². The minimum atomic E-state index is -0.152. The predicted octanol–water partition coefficient (Wildman–Crippen LogP) is 5.45. The van der Waals surface area contributed by atoms with Crippen molar-refractivity contribution in [3.05, 3.63) is 98.8 Å². The Morgan fingerprint density at radius 2 is 1.88 bits per heavy atom. The van der Waals surface area contributed by atoms with Gasteiger partial charge in [0.15, 0.2) is 5.16 Å². The van der Waals surface area contributed by atoms with Gasteiger partial charge in [0, 0.05) is 10.7 Å². The van der Waals surface area contributed by atoms with Crippen molar-refractivity contribution < 1.29 is 4.79 Å². The number of nitrogens with zero attached hydrogens (tertiary/aromatic N) is 2. The second-order valence-corrected chi connectivity index (χ2v) is 8.97. The van der Waals surface area contributed by atoms with Crippen molar-refractivity contribution in [2.45, 2.75) is 25.5 Å². The van der Waals surface area contributed by atoms with Gasteiger partial charge < -0.3 is 5.32 Å². The highest BCUT2D eigenvalue weighted by Crippen LogP contribution is 2.21. The molecule has 0 aliphatic rings. The average Bonchev–Trinajstić information content (AvgIpc) is 2.77. The molecule has 1 N–H and O–H groups in total. The fourth-order valence-corrected chi connectivity index (χ4v) is 4.41. The molecule has 4 rings (SSSR count). The second-order valence-electron chi connectivity index (χ2n) is 7.59. The van der Waals surface area contributed by atoms with Gasteiger partial charge in [-0.3, -0.25) is 14.2 Å². The number of thioether (sulfide) groups is 1. The van der Waals surface area contributed by atoms with E-state index in [1.54, 1.807) is 22.8 Å². The number of nitrogens with one attached hydrogen (secondary N) is 1. The van der Waals surface area contributed by atoms with E-state index in [9.17, 15) is 9.59 Å². The molecule has 0 unspecified atom stereocenters. The van der Waals surface area contributed by atoms with E-state index in [2.05, 4.69) is 10.3 Å². The third-order valence-corrected chi connectivity index (χ3v) is 6.27. The molecule has 0 spiro atoms. The summed E-state index contributed by atoms with van der Waals surface area (Å²) in [5.74, 6) is -0.0197. The SMILES string of the molecule is Cc1ccc(C)c(NC(=O)CSc2nc3ccccc3c(=O)n2Cc2cccc(Cl)c2)c1. The number of fused-ring (bicyclic) bond motifs is 1. The summed E-state index contributed by atoms with van der Waals surface area (Å²) < 4.78 is 1.60. The summed E-state index contributed by atoms with van der Waals surface area (Å²) in [6.07, 6.45) is 0. The maximum absolute atomic E-state index is 13.2. The third kappa shape index (κ3) is 5.03. The first-order valence-corrected chi connectivity index (χ1v) is 11.5. The van der Waals surface area contributed by atoms with Crippen LogP contribution in [0, 0.1) is 13.8 Å². The van der Waals surface area contributed by atoms with Crippen LogP contribution in [0.3, 0.4) is 0 Å². The smallest absolute Gasteiger partial charge is 0.262 e. The van der Waals surface area contributed by atoms with Crippen molar-refractivity contribution >= 4 is 45.9 Å². The summed E-state index contributed by atoms with van der Waals surface area (Å²) in [6, 6.07) is 20.5. The average molecular weight is 464 g/mol. The van der Waals surface area contributed by atoms with E-state index in [-0.39, 0.29) is 17.2 Å². The Kier molecular flexibility index (Phi) is 6.63. The number of carbonyl (C=O) groups excluding carboxylic acids is 1. The molecule has 0 saturated heterocycles. The Morgan fingerprint density at radius 3 is 2.69 bits per heavy atom. The molecule has 0 radical (unpaired) electrons. The van der Waals surface area contributed by atoms with Crippen molar-refractivity contribution in [2.75, 3.05) is 11.1 Å². The molecule has 32 heavy (non-hydrogen) atoms. The van der Waals surface area contributed by atoms with Crippen molar-refractivity contribution in [1.82, 2.24) is 9.55 Å². The largest absolute Gasteiger partial charge is 0.325 e. The lowest BCUT2D eigenvalue weighted by atomic mass is 10.1. The summed E-state index contributed by atoms with van der Waals surface area (Å²) in [6.45, 7) is 4.26. The van der Waals surface area contributed by atoms with Crippen LogP contribution in [0.15, 0.2) is 76.7 Å². The van der Waals surface area contributed by atoms with E-state index in [0.717, 1.165) is 22.4 Å². The number of para-hydroxylation sites is 1. The van der Waals surface area contributed by atoms with Crippen LogP contribution in [0.25, 0.3) is 10.9 Å². The fourth-order valence-electron chi connectivity index (χ4n) is 3.40. The summed E-state index contributed by atoms with van der Waals surface area (Å²) in [7, 11) is 0. The molecule has 162 valence electrons. The van der Waals surface area contributed by atoms with Crippen LogP contribution in [-0.2, 0) is 11.3 Å². The second kappa shape index (κ2) is 9.59. The van der Waals surface area contributed by atoms with E-state index >= 15 is 0 Å². The minimum absolute atomic E-state index is 0.133. The molecule has 7 heteroatoms. The summed E-state index contributed by atoms with van der Waals surface area (Å²) in [5.41, 5.74) is 4.21. The minimum Gasteiger partial charge on any atom is -0.325 e. The van der Waals surface area contributed by atoms with Crippen molar-refractivity contribution in [3.8, 4) is 0 Å². The van der Waals surface area contributed by atoms with Crippen LogP contribution in [0.4, 0.5) is 5.69 Å². The molecule has 5 nitrogen and oxygen atoms in total. The molecule has 3 aromatic carbocycles. The number of carbonyl (C=O) groups is 1. The van der Waals surface area contributed by atoms with Gasteiger partial charge >= 0.3 is 0 Å². The van der Waals surface area contributed by atoms with Gasteiger partial charge in [0.1, 0.15) is 0 Å². The molecule has 0 bridgehead atoms. The van der Waals surface area contributed by atoms with Crippen LogP contribution in [0.1, 0.15) is 16.7 Å². The Balaban J connectivity index is 1.62. The van der Waals surface area contributed by atoms with Crippen LogP contribution < -0.4 is 10.9 Å². The first-order chi connectivity index (χ1) is 15.4. The monoisotopic (exact) mass is 463 g/mol. The van der Waals surface area contributed by atoms with E-state index in [1.165, 1.54) is 11.8 Å². The van der Waals surface area contributed by atoms with Crippen molar-refractivity contribution in [1.29, 1.82) is 0 Å². The molecule has 0 atom stereocenters. The molecule has 0 aliphatic heterocycles. The van der Waals surface area contributed by atoms with E-state index < -0.39 is 0 Å². The zero-order valence-electron chi connectivity index (χ0n) is 17.8. The highest BCUT2D eigenvalue weighted by molar-refractivity contribution is 7.99. The maximum Gasteiger partial charge on any atom is 0.262 e. The molecular formula is C25H22ClN3O2S. The molecular weight excluding hydrogens is 442 g/mol. The summed E-state index contributed by atoms with van der Waals surface area (Å²) >= 11 is 7.37. The number of anilines is 1. The number of hydrogen-bond acceptors (Lipinski definition) is 4. The molecule has 0 saturated carbocycles. The Bertz CT molecular complexity index is 1370. The lowest BCUT2D eigenvalue weighted by Crippen LogP contribution is -2.25. The number of aromatic nitrogens is 2. The number of rotatable bonds is 6. The molecule has 0 fully saturated rings. The Morgan fingerprint density at radius 1 is 1.06 bits per heavy atom. The van der Waals surface area contributed by atoms with Crippen molar-refractivity contribution in [2.24, 2.45) is 0 Å². The third-order valence-electron chi connectivity index (χ3n) is 5.06. The maximum atomic E-state index is 13.2. The van der Waals surface area contributed by atoms with E-state index in [4.69, 9.17) is 11.6 Å². The van der Waals surface area contributed by atoms with Crippen LogP contribution in [0.2, 0.25) is 5.02 Å². The van der Waals surface area contributed by atoms with E-state index in [0.29, 0.717) is 27.6 Å². The van der Waals surface area contributed by atoms with Crippen LogP contribution in [-0.4, -0.2) is 21.2 Å². The lowest BCUT2D eigenvalue weighted by Gasteiger charge is -2.14. The highest BCUT2D eigenvalue weighted by Gasteiger charge is 2.14. The van der Waals surface area contributed by atoms with Gasteiger partial charge in [0.2, 0.25) is 5.91 Å². The van der Waals surface area contributed by atoms with Gasteiger partial charge in [0.05, 0.1) is 23.2 Å². The van der Waals surface area contributed by atoms with Gasteiger partial charge in [-0.15, -0.1) is 0 Å². The highest BCUT2D eigenvalue weighted by atomic mass is 35.5. The molecule has 1 heterocycles. The van der Waals surface area contributed by atoms with E-state index in [1.807, 2.05) is 62.4 Å². The Labute approximate surface area is 195 Å². The summed E-state index contributed by atoms with van der Waals surface area (Å²) in [5, 5.41) is 4.59. The quantitative estimate of drug-likeness (QED) is 0.305. The topological polar surface area (TPSA) is 64.0 Å². The van der Waals surface area contributed by atoms with Crippen molar-refractivity contribution in [3.63, 3.8) is 0 Å². The van der Waals surface area contributed by atoms with Gasteiger partial charge in [-0.1, -0.05) is 59.8 Å².